The summed E-state index contributed by atoms with van der Waals surface area (Å²) in [7, 11) is 0. The molecule has 2 amide bonds. The Morgan fingerprint density at radius 2 is 2.21 bits per heavy atom. The molecule has 1 aliphatic heterocycles. The van der Waals surface area contributed by atoms with Gasteiger partial charge in [-0.05, 0) is 36.6 Å². The molecule has 5 heteroatoms. The number of benzene rings is 1. The van der Waals surface area contributed by atoms with Crippen LogP contribution in [0.2, 0.25) is 5.02 Å². The van der Waals surface area contributed by atoms with Gasteiger partial charge in [0.05, 0.1) is 6.10 Å². The molecular weight excluding hydrogens is 264 g/mol. The zero-order valence-corrected chi connectivity index (χ0v) is 11.3. The SMILES string of the molecule is O=C(N/C=C/c1ccc(Cl)cc1)NCC1CCCO1. The van der Waals surface area contributed by atoms with Crippen LogP contribution in [0.15, 0.2) is 30.5 Å². The molecule has 0 saturated carbocycles. The third-order valence-corrected chi connectivity index (χ3v) is 3.13. The van der Waals surface area contributed by atoms with Gasteiger partial charge in [-0.15, -0.1) is 0 Å². The number of hydrogen-bond acceptors (Lipinski definition) is 2. The van der Waals surface area contributed by atoms with E-state index in [1.165, 1.54) is 0 Å². The second-order valence-electron chi connectivity index (χ2n) is 4.37. The van der Waals surface area contributed by atoms with Crippen LogP contribution in [-0.2, 0) is 4.74 Å². The van der Waals surface area contributed by atoms with Gasteiger partial charge < -0.3 is 15.4 Å². The summed E-state index contributed by atoms with van der Waals surface area (Å²) >= 11 is 5.78. The van der Waals surface area contributed by atoms with Gasteiger partial charge in [0.1, 0.15) is 0 Å². The molecule has 0 radical (unpaired) electrons. The fraction of sp³-hybridized carbons (Fsp3) is 0.357. The number of amides is 2. The fourth-order valence-electron chi connectivity index (χ4n) is 1.85. The first kappa shape index (κ1) is 13.9. The molecule has 19 heavy (non-hydrogen) atoms. The monoisotopic (exact) mass is 280 g/mol. The Balaban J connectivity index is 1.69. The van der Waals surface area contributed by atoms with E-state index < -0.39 is 0 Å². The van der Waals surface area contributed by atoms with Crippen molar-refractivity contribution < 1.29 is 9.53 Å². The predicted molar refractivity (Wildman–Crippen MR) is 76.0 cm³/mol. The maximum absolute atomic E-state index is 11.5. The molecule has 1 aromatic carbocycles. The van der Waals surface area contributed by atoms with E-state index in [9.17, 15) is 4.79 Å². The van der Waals surface area contributed by atoms with Crippen LogP contribution in [0, 0.1) is 0 Å². The van der Waals surface area contributed by atoms with Gasteiger partial charge in [-0.25, -0.2) is 4.79 Å². The van der Waals surface area contributed by atoms with E-state index in [0.29, 0.717) is 11.6 Å². The van der Waals surface area contributed by atoms with Crippen molar-refractivity contribution in [2.24, 2.45) is 0 Å². The first-order valence-corrected chi connectivity index (χ1v) is 6.70. The summed E-state index contributed by atoms with van der Waals surface area (Å²) in [4.78, 5) is 11.5. The fourth-order valence-corrected chi connectivity index (χ4v) is 1.98. The largest absolute Gasteiger partial charge is 0.376 e. The van der Waals surface area contributed by atoms with Crippen LogP contribution < -0.4 is 10.6 Å². The smallest absolute Gasteiger partial charge is 0.318 e. The minimum atomic E-state index is -0.222. The standard InChI is InChI=1S/C14H17ClN2O2/c15-12-5-3-11(4-6-12)7-8-16-14(18)17-10-13-2-1-9-19-13/h3-8,13H,1-2,9-10H2,(H2,16,17,18)/b8-7+. The topological polar surface area (TPSA) is 50.4 Å². The van der Waals surface area contributed by atoms with Crippen LogP contribution >= 0.6 is 11.6 Å². The zero-order valence-electron chi connectivity index (χ0n) is 10.6. The molecule has 0 bridgehead atoms. The van der Waals surface area contributed by atoms with Crippen molar-refractivity contribution in [3.05, 3.63) is 41.1 Å². The molecule has 0 spiro atoms. The summed E-state index contributed by atoms with van der Waals surface area (Å²) in [5, 5.41) is 6.12. The van der Waals surface area contributed by atoms with Gasteiger partial charge >= 0.3 is 6.03 Å². The average Bonchev–Trinajstić information content (AvgIpc) is 2.92. The Morgan fingerprint density at radius 1 is 1.42 bits per heavy atom. The minimum Gasteiger partial charge on any atom is -0.376 e. The van der Waals surface area contributed by atoms with Crippen molar-refractivity contribution >= 4 is 23.7 Å². The lowest BCUT2D eigenvalue weighted by atomic mass is 10.2. The third-order valence-electron chi connectivity index (χ3n) is 2.87. The van der Waals surface area contributed by atoms with E-state index in [0.717, 1.165) is 25.0 Å². The molecule has 1 fully saturated rings. The Morgan fingerprint density at radius 3 is 2.89 bits per heavy atom. The molecule has 4 nitrogen and oxygen atoms in total. The normalized spacial score (nSPS) is 18.7. The number of hydrogen-bond donors (Lipinski definition) is 2. The van der Waals surface area contributed by atoms with E-state index in [1.54, 1.807) is 18.3 Å². The molecule has 0 aliphatic carbocycles. The molecule has 2 N–H and O–H groups in total. The van der Waals surface area contributed by atoms with Gasteiger partial charge in [0.15, 0.2) is 0 Å². The zero-order chi connectivity index (χ0) is 13.5. The highest BCUT2D eigenvalue weighted by atomic mass is 35.5. The van der Waals surface area contributed by atoms with Gasteiger partial charge in [0.25, 0.3) is 0 Å². The van der Waals surface area contributed by atoms with Gasteiger partial charge in [-0.3, -0.25) is 0 Å². The molecule has 1 saturated heterocycles. The van der Waals surface area contributed by atoms with Crippen molar-refractivity contribution in [1.82, 2.24) is 10.6 Å². The van der Waals surface area contributed by atoms with Crippen LogP contribution in [0.3, 0.4) is 0 Å². The molecule has 1 atom stereocenters. The van der Waals surface area contributed by atoms with E-state index in [-0.39, 0.29) is 12.1 Å². The number of carbonyl (C=O) groups excluding carboxylic acids is 1. The van der Waals surface area contributed by atoms with Crippen LogP contribution in [0.1, 0.15) is 18.4 Å². The molecular formula is C14H17ClN2O2. The molecule has 1 aliphatic rings. The van der Waals surface area contributed by atoms with E-state index >= 15 is 0 Å². The van der Waals surface area contributed by atoms with Crippen LogP contribution in [0.25, 0.3) is 6.08 Å². The van der Waals surface area contributed by atoms with Crippen LogP contribution in [0.4, 0.5) is 4.79 Å². The lowest BCUT2D eigenvalue weighted by Crippen LogP contribution is -2.37. The number of halogens is 1. The van der Waals surface area contributed by atoms with Gasteiger partial charge in [0.2, 0.25) is 0 Å². The van der Waals surface area contributed by atoms with Gasteiger partial charge in [-0.1, -0.05) is 23.7 Å². The summed E-state index contributed by atoms with van der Waals surface area (Å²) in [6, 6.07) is 7.15. The number of ether oxygens (including phenoxy) is 1. The summed E-state index contributed by atoms with van der Waals surface area (Å²) in [6.45, 7) is 1.35. The number of nitrogens with one attached hydrogen (secondary N) is 2. The third kappa shape index (κ3) is 4.93. The second-order valence-corrected chi connectivity index (χ2v) is 4.81. The highest BCUT2D eigenvalue weighted by Gasteiger charge is 2.15. The van der Waals surface area contributed by atoms with Crippen molar-refractivity contribution in [2.75, 3.05) is 13.2 Å². The lowest BCUT2D eigenvalue weighted by molar-refractivity contribution is 0.111. The van der Waals surface area contributed by atoms with Crippen LogP contribution in [0.5, 0.6) is 0 Å². The van der Waals surface area contributed by atoms with Crippen molar-refractivity contribution in [2.45, 2.75) is 18.9 Å². The minimum absolute atomic E-state index is 0.158. The predicted octanol–water partition coefficient (Wildman–Crippen LogP) is 2.79. The molecule has 1 heterocycles. The number of rotatable bonds is 4. The van der Waals surface area contributed by atoms with Crippen molar-refractivity contribution in [1.29, 1.82) is 0 Å². The molecule has 102 valence electrons. The quantitative estimate of drug-likeness (QED) is 0.891. The maximum atomic E-state index is 11.5. The Kier molecular flexibility index (Phi) is 5.24. The average molecular weight is 281 g/mol. The summed E-state index contributed by atoms with van der Waals surface area (Å²) in [6.07, 6.45) is 5.66. The molecule has 1 unspecified atom stereocenters. The summed E-state index contributed by atoms with van der Waals surface area (Å²) < 4.78 is 5.42. The molecule has 0 aromatic heterocycles. The van der Waals surface area contributed by atoms with E-state index in [2.05, 4.69) is 10.6 Å². The van der Waals surface area contributed by atoms with Gasteiger partial charge in [0, 0.05) is 24.4 Å². The second kappa shape index (κ2) is 7.16. The number of carbonyl (C=O) groups is 1. The Labute approximate surface area is 117 Å². The van der Waals surface area contributed by atoms with E-state index in [1.807, 2.05) is 18.2 Å². The first-order chi connectivity index (χ1) is 9.24. The number of urea groups is 1. The Bertz CT molecular complexity index is 439. The van der Waals surface area contributed by atoms with Crippen molar-refractivity contribution in [3.63, 3.8) is 0 Å². The lowest BCUT2D eigenvalue weighted by Gasteiger charge is -2.10. The maximum Gasteiger partial charge on any atom is 0.318 e. The highest BCUT2D eigenvalue weighted by molar-refractivity contribution is 6.30. The molecule has 2 rings (SSSR count). The van der Waals surface area contributed by atoms with Crippen molar-refractivity contribution in [3.8, 4) is 0 Å². The highest BCUT2D eigenvalue weighted by Crippen LogP contribution is 2.11. The Hall–Kier alpha value is -1.52. The van der Waals surface area contributed by atoms with E-state index in [4.69, 9.17) is 16.3 Å². The van der Waals surface area contributed by atoms with Gasteiger partial charge in [-0.2, -0.15) is 0 Å². The summed E-state index contributed by atoms with van der Waals surface area (Å²) in [5.41, 5.74) is 0.976. The first-order valence-electron chi connectivity index (χ1n) is 6.32. The summed E-state index contributed by atoms with van der Waals surface area (Å²) in [5.74, 6) is 0. The molecule has 1 aromatic rings. The van der Waals surface area contributed by atoms with Crippen LogP contribution in [-0.4, -0.2) is 25.3 Å².